The highest BCUT2D eigenvalue weighted by atomic mass is 16.3. The summed E-state index contributed by atoms with van der Waals surface area (Å²) in [6.45, 7) is 0. The normalized spacial score (nSPS) is 12.3. The van der Waals surface area contributed by atoms with Crippen molar-refractivity contribution in [2.45, 2.75) is 0 Å². The molecule has 0 radical (unpaired) electrons. The predicted molar refractivity (Wildman–Crippen MR) is 190 cm³/mol. The lowest BCUT2D eigenvalue weighted by atomic mass is 10.0. The number of nitrogens with zero attached hydrogens (tertiary/aromatic N) is 2. The molecule has 0 atom stereocenters. The zero-order valence-electron chi connectivity index (χ0n) is 24.6. The van der Waals surface area contributed by atoms with Gasteiger partial charge in [0.25, 0.3) is 0 Å². The molecule has 4 heteroatoms. The van der Waals surface area contributed by atoms with Crippen LogP contribution in [0, 0.1) is 0 Å². The van der Waals surface area contributed by atoms with Crippen LogP contribution < -0.4 is 0 Å². The fourth-order valence-electron chi connectivity index (χ4n) is 7.85. The highest BCUT2D eigenvalue weighted by Crippen LogP contribution is 2.46. The van der Waals surface area contributed by atoms with Crippen molar-refractivity contribution in [3.63, 3.8) is 0 Å². The van der Waals surface area contributed by atoms with Crippen LogP contribution in [0.4, 0.5) is 0 Å². The van der Waals surface area contributed by atoms with Gasteiger partial charge in [0, 0.05) is 54.5 Å². The Bertz CT molecular complexity index is 2800. The molecule has 0 amide bonds. The molecule has 0 fully saturated rings. The van der Waals surface area contributed by atoms with E-state index in [1.54, 1.807) is 0 Å². The van der Waals surface area contributed by atoms with Crippen molar-refractivity contribution in [1.29, 1.82) is 0 Å². The van der Waals surface area contributed by atoms with Crippen LogP contribution >= 0.6 is 0 Å². The number of hydrogen-bond acceptors (Lipinski definition) is 2. The Morgan fingerprint density at radius 1 is 0.304 bits per heavy atom. The van der Waals surface area contributed by atoms with Gasteiger partial charge in [-0.3, -0.25) is 0 Å². The maximum atomic E-state index is 6.41. The maximum Gasteiger partial charge on any atom is 0.136 e. The predicted octanol–water partition coefficient (Wildman–Crippen LogP) is 11.7. The third-order valence-electron chi connectivity index (χ3n) is 9.69. The van der Waals surface area contributed by atoms with Gasteiger partial charge in [-0.1, -0.05) is 72.8 Å². The van der Waals surface area contributed by atoms with Gasteiger partial charge < -0.3 is 18.0 Å². The van der Waals surface area contributed by atoms with Gasteiger partial charge in [0.1, 0.15) is 22.3 Å². The maximum absolute atomic E-state index is 6.41. The fourth-order valence-corrected chi connectivity index (χ4v) is 7.85. The standard InChI is InChI=1S/C42H24N2O2/c1-3-11-25(12-4-1)43-31-19-21-37-41(27-15-7-9-17-35(27)45-37)39(31)29-24-34-30(23-33(29)43)40-32(44(34)26-13-5-2-6-14-26)20-22-38-42(40)28-16-8-10-18-36(28)46-38/h1-24H. The van der Waals surface area contributed by atoms with Gasteiger partial charge >= 0.3 is 0 Å². The number of aromatic nitrogens is 2. The van der Waals surface area contributed by atoms with E-state index in [-0.39, 0.29) is 0 Å². The number of rotatable bonds is 2. The second-order valence-corrected chi connectivity index (χ2v) is 12.1. The minimum Gasteiger partial charge on any atom is -0.456 e. The van der Waals surface area contributed by atoms with Crippen molar-refractivity contribution in [2.75, 3.05) is 0 Å². The molecule has 11 rings (SSSR count). The van der Waals surface area contributed by atoms with Gasteiger partial charge in [-0.2, -0.15) is 0 Å². The average Bonchev–Trinajstić information content (AvgIpc) is 3.85. The third-order valence-corrected chi connectivity index (χ3v) is 9.69. The van der Waals surface area contributed by atoms with E-state index in [0.717, 1.165) is 77.3 Å². The van der Waals surface area contributed by atoms with E-state index < -0.39 is 0 Å². The Morgan fingerprint density at radius 3 is 1.17 bits per heavy atom. The van der Waals surface area contributed by atoms with Gasteiger partial charge in [-0.05, 0) is 72.8 Å². The van der Waals surface area contributed by atoms with E-state index in [4.69, 9.17) is 8.83 Å². The molecule has 7 aromatic carbocycles. The first kappa shape index (κ1) is 24.1. The van der Waals surface area contributed by atoms with Gasteiger partial charge in [0.05, 0.1) is 22.1 Å². The number of benzene rings is 7. The molecule has 0 aliphatic carbocycles. The smallest absolute Gasteiger partial charge is 0.136 e. The summed E-state index contributed by atoms with van der Waals surface area (Å²) in [7, 11) is 0. The van der Waals surface area contributed by atoms with E-state index >= 15 is 0 Å². The number of para-hydroxylation sites is 4. The lowest BCUT2D eigenvalue weighted by Gasteiger charge is -2.09. The summed E-state index contributed by atoms with van der Waals surface area (Å²) in [6.07, 6.45) is 0. The van der Waals surface area contributed by atoms with E-state index in [2.05, 4.69) is 143 Å². The summed E-state index contributed by atoms with van der Waals surface area (Å²) in [6, 6.07) is 51.5. The Kier molecular flexibility index (Phi) is 4.55. The molecular weight excluding hydrogens is 564 g/mol. The molecule has 214 valence electrons. The molecule has 0 saturated carbocycles. The van der Waals surface area contributed by atoms with Crippen LogP contribution in [-0.4, -0.2) is 9.13 Å². The Balaban J connectivity index is 1.43. The van der Waals surface area contributed by atoms with E-state index in [1.807, 2.05) is 12.1 Å². The molecule has 46 heavy (non-hydrogen) atoms. The van der Waals surface area contributed by atoms with Crippen molar-refractivity contribution in [3.05, 3.63) is 146 Å². The van der Waals surface area contributed by atoms with Crippen LogP contribution in [-0.2, 0) is 0 Å². The second-order valence-electron chi connectivity index (χ2n) is 12.1. The Hall–Kier alpha value is -6.26. The fraction of sp³-hybridized carbons (Fsp3) is 0. The number of fused-ring (bicyclic) bond motifs is 14. The summed E-state index contributed by atoms with van der Waals surface area (Å²) < 4.78 is 17.6. The van der Waals surface area contributed by atoms with Crippen molar-refractivity contribution >= 4 is 87.5 Å². The lowest BCUT2D eigenvalue weighted by molar-refractivity contribution is 0.669. The van der Waals surface area contributed by atoms with Crippen LogP contribution in [0.25, 0.3) is 98.9 Å². The highest BCUT2D eigenvalue weighted by Gasteiger charge is 2.23. The largest absolute Gasteiger partial charge is 0.456 e. The molecule has 0 bridgehead atoms. The second kappa shape index (κ2) is 8.68. The summed E-state index contributed by atoms with van der Waals surface area (Å²) in [4.78, 5) is 0. The third kappa shape index (κ3) is 3.03. The van der Waals surface area contributed by atoms with E-state index in [1.165, 1.54) is 21.5 Å². The molecule has 0 spiro atoms. The van der Waals surface area contributed by atoms with Crippen molar-refractivity contribution in [2.24, 2.45) is 0 Å². The molecule has 4 heterocycles. The van der Waals surface area contributed by atoms with Crippen molar-refractivity contribution in [1.82, 2.24) is 9.13 Å². The van der Waals surface area contributed by atoms with Crippen molar-refractivity contribution < 1.29 is 8.83 Å². The summed E-state index contributed by atoms with van der Waals surface area (Å²) in [5.41, 5.74) is 10.5. The molecule has 0 aliphatic heterocycles. The highest BCUT2D eigenvalue weighted by molar-refractivity contribution is 6.32. The van der Waals surface area contributed by atoms with Gasteiger partial charge in [0.15, 0.2) is 0 Å². The molecule has 4 aromatic heterocycles. The van der Waals surface area contributed by atoms with Gasteiger partial charge in [0.2, 0.25) is 0 Å². The molecule has 0 unspecified atom stereocenters. The zero-order valence-corrected chi connectivity index (χ0v) is 24.6. The first-order valence-corrected chi connectivity index (χ1v) is 15.6. The topological polar surface area (TPSA) is 36.1 Å². The minimum atomic E-state index is 0.899. The molecular formula is C42H24N2O2. The van der Waals surface area contributed by atoms with Crippen molar-refractivity contribution in [3.8, 4) is 11.4 Å². The molecule has 0 aliphatic rings. The Morgan fingerprint density at radius 2 is 0.717 bits per heavy atom. The quantitative estimate of drug-likeness (QED) is 0.201. The zero-order chi connectivity index (χ0) is 29.9. The minimum absolute atomic E-state index is 0.899. The average molecular weight is 589 g/mol. The Labute approximate surface area is 261 Å². The summed E-state index contributed by atoms with van der Waals surface area (Å²) in [5, 5.41) is 9.35. The van der Waals surface area contributed by atoms with Gasteiger partial charge in [-0.25, -0.2) is 0 Å². The first-order chi connectivity index (χ1) is 22.8. The van der Waals surface area contributed by atoms with Crippen LogP contribution in [0.15, 0.2) is 154 Å². The van der Waals surface area contributed by atoms with Crippen LogP contribution in [0.2, 0.25) is 0 Å². The van der Waals surface area contributed by atoms with E-state index in [0.29, 0.717) is 0 Å². The van der Waals surface area contributed by atoms with Crippen LogP contribution in [0.5, 0.6) is 0 Å². The molecule has 0 N–H and O–H groups in total. The monoisotopic (exact) mass is 588 g/mol. The number of furan rings is 2. The molecule has 0 saturated heterocycles. The van der Waals surface area contributed by atoms with Crippen LogP contribution in [0.1, 0.15) is 0 Å². The lowest BCUT2D eigenvalue weighted by Crippen LogP contribution is -1.94. The number of hydrogen-bond donors (Lipinski definition) is 0. The van der Waals surface area contributed by atoms with Gasteiger partial charge in [-0.15, -0.1) is 0 Å². The molecule has 4 nitrogen and oxygen atoms in total. The first-order valence-electron chi connectivity index (χ1n) is 15.6. The summed E-state index contributed by atoms with van der Waals surface area (Å²) in [5.74, 6) is 0. The van der Waals surface area contributed by atoms with E-state index in [9.17, 15) is 0 Å². The summed E-state index contributed by atoms with van der Waals surface area (Å²) >= 11 is 0. The molecule has 11 aromatic rings. The van der Waals surface area contributed by atoms with Crippen LogP contribution in [0.3, 0.4) is 0 Å². The SMILES string of the molecule is c1ccc(-n2c3cc4c5c6c(ccc5n(-c5ccccc5)c4cc3c3c4c(ccc32)oc2ccccc24)oc2ccccc26)cc1.